The first-order valence-corrected chi connectivity index (χ1v) is 9.61. The third-order valence-electron chi connectivity index (χ3n) is 4.66. The first-order chi connectivity index (χ1) is 13.1. The molecule has 0 saturated heterocycles. The van der Waals surface area contributed by atoms with E-state index >= 15 is 0 Å². The average Bonchev–Trinajstić information content (AvgIpc) is 3.02. The van der Waals surface area contributed by atoms with E-state index in [1.807, 2.05) is 79.7 Å². The highest BCUT2D eigenvalue weighted by Crippen LogP contribution is 2.39. The predicted octanol–water partition coefficient (Wildman–Crippen LogP) is 6.20. The molecule has 132 valence electrons. The normalized spacial score (nSPS) is 10.7. The van der Waals surface area contributed by atoms with E-state index in [4.69, 9.17) is 5.73 Å². The second-order valence-corrected chi connectivity index (χ2v) is 7.67. The van der Waals surface area contributed by atoms with Gasteiger partial charge in [-0.15, -0.1) is 11.3 Å². The molecule has 0 aliphatic carbocycles. The number of hydrogen-bond acceptors (Lipinski definition) is 3. The van der Waals surface area contributed by atoms with Crippen molar-refractivity contribution in [2.24, 2.45) is 0 Å². The van der Waals surface area contributed by atoms with Crippen LogP contribution in [0.1, 0.15) is 20.8 Å². The van der Waals surface area contributed by atoms with Crippen LogP contribution >= 0.6 is 11.3 Å². The van der Waals surface area contributed by atoms with Crippen LogP contribution in [0.15, 0.2) is 84.9 Å². The van der Waals surface area contributed by atoms with Crippen LogP contribution in [0.25, 0.3) is 22.3 Å². The summed E-state index contributed by atoms with van der Waals surface area (Å²) in [4.78, 5) is 14.3. The molecule has 2 nitrogen and oxygen atoms in total. The molecule has 0 aliphatic heterocycles. The zero-order chi connectivity index (χ0) is 18.8. The number of carbonyl (C=O) groups excluding carboxylic acids is 1. The zero-order valence-corrected chi connectivity index (χ0v) is 15.8. The molecule has 3 aromatic carbocycles. The quantitative estimate of drug-likeness (QED) is 0.435. The Morgan fingerprint density at radius 3 is 1.85 bits per heavy atom. The molecule has 0 aliphatic rings. The number of carbonyl (C=O) groups is 1. The predicted molar refractivity (Wildman–Crippen MR) is 114 cm³/mol. The monoisotopic (exact) mass is 369 g/mol. The van der Waals surface area contributed by atoms with Crippen molar-refractivity contribution in [3.63, 3.8) is 0 Å². The first-order valence-electron chi connectivity index (χ1n) is 8.79. The molecule has 4 rings (SSSR count). The van der Waals surface area contributed by atoms with Crippen LogP contribution in [0.4, 0.5) is 5.00 Å². The third kappa shape index (κ3) is 3.29. The molecule has 2 N–H and O–H groups in total. The van der Waals surface area contributed by atoms with Crippen LogP contribution in [0.5, 0.6) is 0 Å². The molecule has 0 radical (unpaired) electrons. The van der Waals surface area contributed by atoms with Crippen LogP contribution < -0.4 is 5.73 Å². The molecule has 0 unspecified atom stereocenters. The van der Waals surface area contributed by atoms with Gasteiger partial charge in [-0.1, -0.05) is 84.9 Å². The lowest BCUT2D eigenvalue weighted by Gasteiger charge is -2.08. The summed E-state index contributed by atoms with van der Waals surface area (Å²) in [5.41, 5.74) is 11.7. The molecule has 1 aromatic heterocycles. The molecule has 0 saturated carbocycles. The standard InChI is InChI=1S/C24H19NOS/c1-16-21(19-10-6-3-7-11-19)22(24(25)27-16)23(26)20-14-12-18(13-15-20)17-8-4-2-5-9-17/h2-15H,25H2,1H3. The van der Waals surface area contributed by atoms with E-state index in [0.29, 0.717) is 16.1 Å². The second kappa shape index (κ2) is 7.22. The van der Waals surface area contributed by atoms with E-state index in [2.05, 4.69) is 12.1 Å². The summed E-state index contributed by atoms with van der Waals surface area (Å²) in [5.74, 6) is -0.0321. The Morgan fingerprint density at radius 2 is 1.26 bits per heavy atom. The number of thiophene rings is 1. The lowest BCUT2D eigenvalue weighted by atomic mass is 9.94. The fourth-order valence-electron chi connectivity index (χ4n) is 3.33. The number of benzene rings is 3. The zero-order valence-electron chi connectivity index (χ0n) is 15.0. The van der Waals surface area contributed by atoms with Crippen molar-refractivity contribution in [3.05, 3.63) is 101 Å². The number of anilines is 1. The summed E-state index contributed by atoms with van der Waals surface area (Å²) in [7, 11) is 0. The molecular formula is C24H19NOS. The summed E-state index contributed by atoms with van der Waals surface area (Å²) in [6, 6.07) is 27.8. The molecule has 0 atom stereocenters. The van der Waals surface area contributed by atoms with Gasteiger partial charge in [0.05, 0.1) is 10.6 Å². The maximum atomic E-state index is 13.2. The van der Waals surface area contributed by atoms with Crippen LogP contribution in [-0.2, 0) is 0 Å². The van der Waals surface area contributed by atoms with Gasteiger partial charge in [-0.3, -0.25) is 4.79 Å². The van der Waals surface area contributed by atoms with Crippen molar-refractivity contribution in [3.8, 4) is 22.3 Å². The average molecular weight is 369 g/mol. The number of rotatable bonds is 4. The fraction of sp³-hybridized carbons (Fsp3) is 0.0417. The van der Waals surface area contributed by atoms with E-state index in [1.165, 1.54) is 11.3 Å². The molecule has 0 bridgehead atoms. The van der Waals surface area contributed by atoms with Crippen LogP contribution in [0, 0.1) is 6.92 Å². The minimum absolute atomic E-state index is 0.0321. The molecule has 0 amide bonds. The van der Waals surface area contributed by atoms with Gasteiger partial charge < -0.3 is 5.73 Å². The van der Waals surface area contributed by atoms with Crippen molar-refractivity contribution in [2.75, 3.05) is 5.73 Å². The van der Waals surface area contributed by atoms with Gasteiger partial charge in [0, 0.05) is 16.0 Å². The van der Waals surface area contributed by atoms with Crippen molar-refractivity contribution >= 4 is 22.1 Å². The molecule has 1 heterocycles. The van der Waals surface area contributed by atoms with E-state index in [9.17, 15) is 4.79 Å². The Bertz CT molecular complexity index is 1080. The van der Waals surface area contributed by atoms with Gasteiger partial charge in [0.15, 0.2) is 5.78 Å². The second-order valence-electron chi connectivity index (χ2n) is 6.41. The van der Waals surface area contributed by atoms with Gasteiger partial charge in [-0.05, 0) is 23.6 Å². The summed E-state index contributed by atoms with van der Waals surface area (Å²) in [6.07, 6.45) is 0. The molecule has 27 heavy (non-hydrogen) atoms. The summed E-state index contributed by atoms with van der Waals surface area (Å²) in [6.45, 7) is 2.01. The van der Waals surface area contributed by atoms with E-state index in [0.717, 1.165) is 27.1 Å². The molecular weight excluding hydrogens is 350 g/mol. The van der Waals surface area contributed by atoms with Gasteiger partial charge in [0.1, 0.15) is 0 Å². The van der Waals surface area contributed by atoms with Crippen molar-refractivity contribution in [1.82, 2.24) is 0 Å². The highest BCUT2D eigenvalue weighted by molar-refractivity contribution is 7.16. The van der Waals surface area contributed by atoms with Gasteiger partial charge >= 0.3 is 0 Å². The number of ketones is 1. The number of nitrogens with two attached hydrogens (primary N) is 1. The molecule has 4 aromatic rings. The topological polar surface area (TPSA) is 43.1 Å². The van der Waals surface area contributed by atoms with E-state index in [1.54, 1.807) is 0 Å². The van der Waals surface area contributed by atoms with Crippen LogP contribution in [0.3, 0.4) is 0 Å². The smallest absolute Gasteiger partial charge is 0.196 e. The Balaban J connectivity index is 1.74. The van der Waals surface area contributed by atoms with E-state index < -0.39 is 0 Å². The van der Waals surface area contributed by atoms with Crippen LogP contribution in [-0.4, -0.2) is 5.78 Å². The van der Waals surface area contributed by atoms with Crippen molar-refractivity contribution < 1.29 is 4.79 Å². The maximum absolute atomic E-state index is 13.2. The summed E-state index contributed by atoms with van der Waals surface area (Å²) >= 11 is 1.47. The Morgan fingerprint density at radius 1 is 0.741 bits per heavy atom. The van der Waals surface area contributed by atoms with Gasteiger partial charge in [-0.2, -0.15) is 0 Å². The van der Waals surface area contributed by atoms with Gasteiger partial charge in [-0.25, -0.2) is 0 Å². The highest BCUT2D eigenvalue weighted by atomic mass is 32.1. The first kappa shape index (κ1) is 17.3. The highest BCUT2D eigenvalue weighted by Gasteiger charge is 2.22. The Labute approximate surface area is 162 Å². The van der Waals surface area contributed by atoms with Gasteiger partial charge in [0.2, 0.25) is 0 Å². The molecule has 0 spiro atoms. The third-order valence-corrected chi connectivity index (χ3v) is 5.59. The summed E-state index contributed by atoms with van der Waals surface area (Å²) < 4.78 is 0. The molecule has 3 heteroatoms. The minimum Gasteiger partial charge on any atom is -0.390 e. The SMILES string of the molecule is Cc1sc(N)c(C(=O)c2ccc(-c3ccccc3)cc2)c1-c1ccccc1. The van der Waals surface area contributed by atoms with E-state index in [-0.39, 0.29) is 5.78 Å². The Kier molecular flexibility index (Phi) is 4.61. The number of nitrogen functional groups attached to an aromatic ring is 1. The fourth-order valence-corrected chi connectivity index (χ4v) is 4.28. The van der Waals surface area contributed by atoms with Crippen LogP contribution in [0.2, 0.25) is 0 Å². The largest absolute Gasteiger partial charge is 0.390 e. The maximum Gasteiger partial charge on any atom is 0.196 e. The van der Waals surface area contributed by atoms with Crippen molar-refractivity contribution in [1.29, 1.82) is 0 Å². The van der Waals surface area contributed by atoms with Gasteiger partial charge in [0.25, 0.3) is 0 Å². The number of hydrogen-bond donors (Lipinski definition) is 1. The Hall–Kier alpha value is -3.17. The summed E-state index contributed by atoms with van der Waals surface area (Å²) in [5, 5.41) is 0.573. The minimum atomic E-state index is -0.0321. The lowest BCUT2D eigenvalue weighted by molar-refractivity contribution is 0.104. The lowest BCUT2D eigenvalue weighted by Crippen LogP contribution is -2.04. The molecule has 0 fully saturated rings. The number of aryl methyl sites for hydroxylation is 1. The van der Waals surface area contributed by atoms with Crippen molar-refractivity contribution in [2.45, 2.75) is 6.92 Å².